The van der Waals surface area contributed by atoms with Crippen molar-refractivity contribution in [3.63, 3.8) is 0 Å². The normalized spacial score (nSPS) is 17.2. The molecule has 0 unspecified atom stereocenters. The summed E-state index contributed by atoms with van der Waals surface area (Å²) in [6.07, 6.45) is 7.22. The zero-order valence-electron chi connectivity index (χ0n) is 8.77. The van der Waals surface area contributed by atoms with Crippen LogP contribution in [0, 0.1) is 0 Å². The number of hydrogen-bond acceptors (Lipinski definition) is 2. The van der Waals surface area contributed by atoms with Crippen LogP contribution in [0.2, 0.25) is 0 Å². The Morgan fingerprint density at radius 1 is 1.38 bits per heavy atom. The van der Waals surface area contributed by atoms with Gasteiger partial charge in [0.05, 0.1) is 5.84 Å². The standard InChI is InChI=1S/C11H20N2/c1-10(2)7-9-13-11-6-4-3-5-8-12-11/h7H,3-6,8-9H2,1-2H3,(H,12,13). The lowest BCUT2D eigenvalue weighted by Gasteiger charge is -2.05. The Morgan fingerprint density at radius 3 is 3.00 bits per heavy atom. The molecule has 2 nitrogen and oxygen atoms in total. The summed E-state index contributed by atoms with van der Waals surface area (Å²) in [7, 11) is 0. The molecular weight excluding hydrogens is 160 g/mol. The van der Waals surface area contributed by atoms with E-state index in [9.17, 15) is 0 Å². The third-order valence-electron chi connectivity index (χ3n) is 2.19. The molecule has 1 heterocycles. The molecule has 0 fully saturated rings. The van der Waals surface area contributed by atoms with Crippen molar-refractivity contribution in [2.24, 2.45) is 4.99 Å². The van der Waals surface area contributed by atoms with E-state index in [4.69, 9.17) is 0 Å². The van der Waals surface area contributed by atoms with Gasteiger partial charge in [-0.2, -0.15) is 0 Å². The predicted molar refractivity (Wildman–Crippen MR) is 58.2 cm³/mol. The van der Waals surface area contributed by atoms with E-state index in [1.807, 2.05) is 0 Å². The second kappa shape index (κ2) is 5.79. The van der Waals surface area contributed by atoms with E-state index in [0.29, 0.717) is 0 Å². The molecule has 0 aromatic heterocycles. The number of nitrogens with zero attached hydrogens (tertiary/aromatic N) is 1. The predicted octanol–water partition coefficient (Wildman–Crippen LogP) is 2.51. The summed E-state index contributed by atoms with van der Waals surface area (Å²) >= 11 is 0. The molecule has 0 bridgehead atoms. The van der Waals surface area contributed by atoms with Gasteiger partial charge in [-0.25, -0.2) is 0 Å². The van der Waals surface area contributed by atoms with Gasteiger partial charge in [0.1, 0.15) is 0 Å². The average Bonchev–Trinajstić information content (AvgIpc) is 2.32. The van der Waals surface area contributed by atoms with Gasteiger partial charge in [-0.15, -0.1) is 0 Å². The molecule has 1 rings (SSSR count). The van der Waals surface area contributed by atoms with Gasteiger partial charge in [0.15, 0.2) is 0 Å². The van der Waals surface area contributed by atoms with Gasteiger partial charge in [0.25, 0.3) is 0 Å². The fourth-order valence-electron chi connectivity index (χ4n) is 1.39. The second-order valence-electron chi connectivity index (χ2n) is 3.80. The van der Waals surface area contributed by atoms with Crippen molar-refractivity contribution in [3.8, 4) is 0 Å². The Balaban J connectivity index is 2.26. The highest BCUT2D eigenvalue weighted by molar-refractivity contribution is 5.82. The van der Waals surface area contributed by atoms with Crippen molar-refractivity contribution in [2.45, 2.75) is 39.5 Å². The molecule has 0 aromatic rings. The summed E-state index contributed by atoms with van der Waals surface area (Å²) in [5, 5.41) is 3.37. The average molecular weight is 180 g/mol. The fraction of sp³-hybridized carbons (Fsp3) is 0.727. The number of amidine groups is 1. The maximum atomic E-state index is 4.50. The highest BCUT2D eigenvalue weighted by atomic mass is 15.0. The van der Waals surface area contributed by atoms with Crippen LogP contribution in [-0.4, -0.2) is 18.9 Å². The van der Waals surface area contributed by atoms with E-state index in [1.165, 1.54) is 30.7 Å². The van der Waals surface area contributed by atoms with Crippen LogP contribution in [0.1, 0.15) is 39.5 Å². The summed E-state index contributed by atoms with van der Waals surface area (Å²) < 4.78 is 0. The fourth-order valence-corrected chi connectivity index (χ4v) is 1.39. The maximum absolute atomic E-state index is 4.50. The quantitative estimate of drug-likeness (QED) is 0.649. The summed E-state index contributed by atoms with van der Waals surface area (Å²) in [5.41, 5.74) is 1.36. The first-order chi connectivity index (χ1) is 6.29. The van der Waals surface area contributed by atoms with E-state index < -0.39 is 0 Å². The van der Waals surface area contributed by atoms with Crippen molar-refractivity contribution >= 4 is 5.84 Å². The Kier molecular flexibility index (Phi) is 4.58. The first-order valence-corrected chi connectivity index (χ1v) is 5.19. The molecule has 0 saturated carbocycles. The lowest BCUT2D eigenvalue weighted by molar-refractivity contribution is 0.729. The van der Waals surface area contributed by atoms with Crippen molar-refractivity contribution in [3.05, 3.63) is 11.6 Å². The molecule has 1 aliphatic heterocycles. The van der Waals surface area contributed by atoms with Gasteiger partial charge in [-0.3, -0.25) is 4.99 Å². The molecule has 1 N–H and O–H groups in total. The molecule has 2 heteroatoms. The van der Waals surface area contributed by atoms with Crippen LogP contribution < -0.4 is 5.32 Å². The second-order valence-corrected chi connectivity index (χ2v) is 3.80. The summed E-state index contributed by atoms with van der Waals surface area (Å²) in [6.45, 7) is 6.19. The van der Waals surface area contributed by atoms with Crippen LogP contribution in [0.3, 0.4) is 0 Å². The lowest BCUT2D eigenvalue weighted by atomic mass is 10.2. The van der Waals surface area contributed by atoms with Gasteiger partial charge >= 0.3 is 0 Å². The minimum atomic E-state index is 0.932. The molecule has 0 amide bonds. The number of allylic oxidation sites excluding steroid dienone is 1. The molecular formula is C11H20N2. The minimum absolute atomic E-state index is 0.932. The van der Waals surface area contributed by atoms with Gasteiger partial charge in [-0.05, 0) is 26.7 Å². The van der Waals surface area contributed by atoms with E-state index in [0.717, 1.165) is 19.5 Å². The van der Waals surface area contributed by atoms with Crippen LogP contribution in [0.15, 0.2) is 16.6 Å². The first kappa shape index (κ1) is 10.3. The van der Waals surface area contributed by atoms with E-state index in [1.54, 1.807) is 0 Å². The monoisotopic (exact) mass is 180 g/mol. The molecule has 0 radical (unpaired) electrons. The summed E-state index contributed by atoms with van der Waals surface area (Å²) in [5.74, 6) is 1.20. The van der Waals surface area contributed by atoms with Gasteiger partial charge in [0, 0.05) is 19.5 Å². The van der Waals surface area contributed by atoms with Crippen LogP contribution in [-0.2, 0) is 0 Å². The van der Waals surface area contributed by atoms with Crippen molar-refractivity contribution in [1.82, 2.24) is 5.32 Å². The van der Waals surface area contributed by atoms with Crippen molar-refractivity contribution in [2.75, 3.05) is 13.1 Å². The van der Waals surface area contributed by atoms with Gasteiger partial charge < -0.3 is 5.32 Å². The number of nitrogens with one attached hydrogen (secondary N) is 1. The van der Waals surface area contributed by atoms with E-state index in [2.05, 4.69) is 30.2 Å². The topological polar surface area (TPSA) is 24.4 Å². The maximum Gasteiger partial charge on any atom is 0.0965 e. The highest BCUT2D eigenvalue weighted by Crippen LogP contribution is 2.05. The number of hydrogen-bond donors (Lipinski definition) is 1. The molecule has 0 aliphatic carbocycles. The van der Waals surface area contributed by atoms with Crippen LogP contribution in [0.4, 0.5) is 0 Å². The summed E-state index contributed by atoms with van der Waals surface area (Å²) in [4.78, 5) is 4.50. The van der Waals surface area contributed by atoms with Crippen LogP contribution in [0.25, 0.3) is 0 Å². The largest absolute Gasteiger partial charge is 0.370 e. The molecule has 13 heavy (non-hydrogen) atoms. The minimum Gasteiger partial charge on any atom is -0.370 e. The summed E-state index contributed by atoms with van der Waals surface area (Å²) in [6, 6.07) is 0. The SMILES string of the molecule is CC(C)=CCNC1=NCCCCC1. The highest BCUT2D eigenvalue weighted by Gasteiger charge is 2.01. The Morgan fingerprint density at radius 2 is 2.23 bits per heavy atom. The van der Waals surface area contributed by atoms with Gasteiger partial charge in [-0.1, -0.05) is 18.1 Å². The van der Waals surface area contributed by atoms with Crippen LogP contribution in [0.5, 0.6) is 0 Å². The molecule has 0 saturated heterocycles. The Hall–Kier alpha value is -0.790. The van der Waals surface area contributed by atoms with E-state index in [-0.39, 0.29) is 0 Å². The number of aliphatic imine (C=N–C) groups is 1. The third kappa shape index (κ3) is 4.71. The smallest absolute Gasteiger partial charge is 0.0965 e. The third-order valence-corrected chi connectivity index (χ3v) is 2.19. The van der Waals surface area contributed by atoms with Crippen molar-refractivity contribution < 1.29 is 0 Å². The molecule has 74 valence electrons. The molecule has 0 spiro atoms. The molecule has 1 aliphatic rings. The van der Waals surface area contributed by atoms with Crippen LogP contribution >= 0.6 is 0 Å². The molecule has 0 aromatic carbocycles. The van der Waals surface area contributed by atoms with Crippen molar-refractivity contribution in [1.29, 1.82) is 0 Å². The lowest BCUT2D eigenvalue weighted by Crippen LogP contribution is -2.23. The van der Waals surface area contributed by atoms with Gasteiger partial charge in [0.2, 0.25) is 0 Å². The molecule has 0 atom stereocenters. The van der Waals surface area contributed by atoms with E-state index >= 15 is 0 Å². The first-order valence-electron chi connectivity index (χ1n) is 5.19. The zero-order valence-corrected chi connectivity index (χ0v) is 8.77. The Bertz CT molecular complexity index is 200. The Labute approximate surface area is 81.1 Å². The number of rotatable bonds is 2. The zero-order chi connectivity index (χ0) is 9.52.